The summed E-state index contributed by atoms with van der Waals surface area (Å²) in [7, 11) is 0. The third kappa shape index (κ3) is 4.76. The van der Waals surface area contributed by atoms with Crippen LogP contribution in [0.15, 0.2) is 192 Å². The van der Waals surface area contributed by atoms with Gasteiger partial charge in [-0.2, -0.15) is 5.26 Å². The van der Waals surface area contributed by atoms with E-state index in [1.165, 1.54) is 43.5 Å². The van der Waals surface area contributed by atoms with Gasteiger partial charge in [-0.15, -0.1) is 0 Å². The van der Waals surface area contributed by atoms with E-state index in [4.69, 9.17) is 15.0 Å². The van der Waals surface area contributed by atoms with Gasteiger partial charge in [0.25, 0.3) is 0 Å². The van der Waals surface area contributed by atoms with E-state index in [-0.39, 0.29) is 0 Å². The van der Waals surface area contributed by atoms with Crippen LogP contribution in [0.4, 0.5) is 0 Å². The summed E-state index contributed by atoms with van der Waals surface area (Å²) < 4.78 is 0. The maximum absolute atomic E-state index is 10.4. The van der Waals surface area contributed by atoms with E-state index in [1.807, 2.05) is 72.8 Å². The molecule has 1 atom stereocenters. The van der Waals surface area contributed by atoms with Crippen LogP contribution in [-0.4, -0.2) is 15.0 Å². The fourth-order valence-electron chi connectivity index (χ4n) is 8.84. The van der Waals surface area contributed by atoms with Crippen LogP contribution >= 0.6 is 11.8 Å². The van der Waals surface area contributed by atoms with Gasteiger partial charge < -0.3 is 0 Å². The molecule has 1 aromatic heterocycles. The van der Waals surface area contributed by atoms with E-state index >= 15 is 0 Å². The number of hydrogen-bond acceptors (Lipinski definition) is 5. The Labute approximate surface area is 328 Å². The second-order valence-corrected chi connectivity index (χ2v) is 15.2. The fraction of sp³-hybridized carbons (Fsp3) is 0.0196. The Morgan fingerprint density at radius 2 is 0.964 bits per heavy atom. The first-order chi connectivity index (χ1) is 27.7. The highest BCUT2D eigenvalue weighted by molar-refractivity contribution is 7.99. The Balaban J connectivity index is 1.13. The van der Waals surface area contributed by atoms with Gasteiger partial charge in [0.2, 0.25) is 0 Å². The summed E-state index contributed by atoms with van der Waals surface area (Å²) >= 11 is 1.71. The summed E-state index contributed by atoms with van der Waals surface area (Å²) in [5.41, 5.74) is 12.5. The molecule has 8 aromatic carbocycles. The lowest BCUT2D eigenvalue weighted by Gasteiger charge is -2.40. The molecule has 0 saturated carbocycles. The number of benzene rings is 8. The zero-order valence-corrected chi connectivity index (χ0v) is 30.8. The van der Waals surface area contributed by atoms with Crippen LogP contribution in [0.3, 0.4) is 0 Å². The number of hydrogen-bond donors (Lipinski definition) is 0. The monoisotopic (exact) mass is 730 g/mol. The maximum Gasteiger partial charge on any atom is 0.164 e. The molecule has 0 saturated heterocycles. The van der Waals surface area contributed by atoms with Crippen LogP contribution in [0.5, 0.6) is 0 Å². The third-order valence-electron chi connectivity index (χ3n) is 11.2. The van der Waals surface area contributed by atoms with Gasteiger partial charge in [0.1, 0.15) is 6.07 Å². The molecular weight excluding hydrogens is 701 g/mol. The predicted octanol–water partition coefficient (Wildman–Crippen LogP) is 12.4. The van der Waals surface area contributed by atoms with Crippen LogP contribution in [0.25, 0.3) is 67.2 Å². The highest BCUT2D eigenvalue weighted by Crippen LogP contribution is 2.64. The minimum absolute atomic E-state index is 0.610. The second kappa shape index (κ2) is 12.7. The average molecular weight is 731 g/mol. The van der Waals surface area contributed by atoms with Crippen molar-refractivity contribution in [3.8, 4) is 62.5 Å². The van der Waals surface area contributed by atoms with Crippen molar-refractivity contribution in [2.45, 2.75) is 15.2 Å². The average Bonchev–Trinajstić information content (AvgIpc) is 3.57. The zero-order valence-electron chi connectivity index (χ0n) is 30.0. The highest BCUT2D eigenvalue weighted by Gasteiger charge is 2.51. The number of fused-ring (bicyclic) bond motifs is 11. The largest absolute Gasteiger partial charge is 0.208 e. The van der Waals surface area contributed by atoms with Crippen molar-refractivity contribution in [2.75, 3.05) is 0 Å². The van der Waals surface area contributed by atoms with E-state index in [1.54, 1.807) is 11.8 Å². The van der Waals surface area contributed by atoms with Gasteiger partial charge >= 0.3 is 0 Å². The van der Waals surface area contributed by atoms with Crippen molar-refractivity contribution in [1.29, 1.82) is 5.26 Å². The summed E-state index contributed by atoms with van der Waals surface area (Å²) in [6.07, 6.45) is 0. The molecule has 56 heavy (non-hydrogen) atoms. The van der Waals surface area contributed by atoms with Crippen molar-refractivity contribution in [3.63, 3.8) is 0 Å². The quantitative estimate of drug-likeness (QED) is 0.180. The van der Waals surface area contributed by atoms with Gasteiger partial charge in [-0.25, -0.2) is 15.0 Å². The lowest BCUT2D eigenvalue weighted by molar-refractivity contribution is 0.722. The number of aromatic nitrogens is 3. The lowest BCUT2D eigenvalue weighted by Crippen LogP contribution is -2.32. The SMILES string of the molecule is N#Cc1cccc2c1Sc1ccccc1C21c2ccccc2-c2c1cc(-c1ccc(-c3nc(-c4ccccc4)nc(-c4ccccc4)n3)cc1)c1ccccc21. The highest BCUT2D eigenvalue weighted by atomic mass is 32.2. The minimum atomic E-state index is -0.610. The topological polar surface area (TPSA) is 62.5 Å². The summed E-state index contributed by atoms with van der Waals surface area (Å²) in [5, 5.41) is 12.8. The fourth-order valence-corrected chi connectivity index (χ4v) is 10.1. The van der Waals surface area contributed by atoms with E-state index in [0.29, 0.717) is 23.0 Å². The number of nitriles is 1. The third-order valence-corrected chi connectivity index (χ3v) is 12.5. The molecule has 1 aliphatic heterocycles. The molecular formula is C51H30N4S. The molecule has 260 valence electrons. The molecule has 0 fully saturated rings. The van der Waals surface area contributed by atoms with Crippen LogP contribution in [0, 0.1) is 11.3 Å². The molecule has 1 spiro atoms. The summed E-state index contributed by atoms with van der Waals surface area (Å²) in [5.74, 6) is 1.90. The molecule has 1 unspecified atom stereocenters. The molecule has 1 aliphatic carbocycles. The van der Waals surface area contributed by atoms with E-state index in [0.717, 1.165) is 38.3 Å². The summed E-state index contributed by atoms with van der Waals surface area (Å²) in [6.45, 7) is 0. The predicted molar refractivity (Wildman–Crippen MR) is 225 cm³/mol. The van der Waals surface area contributed by atoms with Gasteiger partial charge in [0.05, 0.1) is 11.0 Å². The van der Waals surface area contributed by atoms with Crippen molar-refractivity contribution < 1.29 is 0 Å². The molecule has 11 rings (SSSR count). The molecule has 2 heterocycles. The normalized spacial score (nSPS) is 14.8. The Kier molecular flexibility index (Phi) is 7.35. The van der Waals surface area contributed by atoms with Crippen LogP contribution in [-0.2, 0) is 5.41 Å². The summed E-state index contributed by atoms with van der Waals surface area (Å²) in [4.78, 5) is 17.1. The standard InChI is InChI=1S/C51H30N4S/c52-31-36-18-13-24-43-47(36)56-45-25-12-11-23-42(45)51(43)41-22-10-9-21-39(41)46-38-20-8-7-19-37(38)40(30-44(46)51)32-26-28-35(29-27-32)50-54-48(33-14-3-1-4-15-33)53-49(55-50)34-16-5-2-6-17-34/h1-30H. The molecule has 4 nitrogen and oxygen atoms in total. The Morgan fingerprint density at radius 1 is 0.429 bits per heavy atom. The Morgan fingerprint density at radius 3 is 1.64 bits per heavy atom. The first-order valence-corrected chi connectivity index (χ1v) is 19.5. The van der Waals surface area contributed by atoms with E-state index in [9.17, 15) is 5.26 Å². The Bertz CT molecular complexity index is 3000. The smallest absolute Gasteiger partial charge is 0.164 e. The van der Waals surface area contributed by atoms with Crippen LogP contribution < -0.4 is 0 Å². The van der Waals surface area contributed by atoms with E-state index in [2.05, 4.69) is 115 Å². The van der Waals surface area contributed by atoms with E-state index < -0.39 is 5.41 Å². The van der Waals surface area contributed by atoms with Gasteiger partial charge in [-0.05, 0) is 73.5 Å². The van der Waals surface area contributed by atoms with Crippen LogP contribution in [0.1, 0.15) is 27.8 Å². The molecule has 0 N–H and O–H groups in total. The van der Waals surface area contributed by atoms with Crippen molar-refractivity contribution >= 4 is 22.5 Å². The van der Waals surface area contributed by atoms with Gasteiger partial charge in [-0.1, -0.05) is 176 Å². The van der Waals surface area contributed by atoms with Gasteiger partial charge in [0.15, 0.2) is 17.5 Å². The minimum Gasteiger partial charge on any atom is -0.208 e. The number of nitrogens with zero attached hydrogens (tertiary/aromatic N) is 4. The zero-order chi connectivity index (χ0) is 37.2. The van der Waals surface area contributed by atoms with Crippen molar-refractivity contribution in [3.05, 3.63) is 210 Å². The van der Waals surface area contributed by atoms with Gasteiger partial charge in [0, 0.05) is 26.5 Å². The Hall–Kier alpha value is -7.13. The lowest BCUT2D eigenvalue weighted by atomic mass is 9.66. The maximum atomic E-state index is 10.4. The van der Waals surface area contributed by atoms with Gasteiger partial charge in [-0.3, -0.25) is 0 Å². The second-order valence-electron chi connectivity index (χ2n) is 14.2. The number of rotatable bonds is 4. The van der Waals surface area contributed by atoms with Crippen molar-refractivity contribution in [1.82, 2.24) is 15.0 Å². The van der Waals surface area contributed by atoms with Crippen molar-refractivity contribution in [2.24, 2.45) is 0 Å². The molecule has 2 aliphatic rings. The summed E-state index contributed by atoms with van der Waals surface area (Å²) in [6, 6.07) is 66.3. The molecule has 9 aromatic rings. The molecule has 0 bridgehead atoms. The molecule has 0 radical (unpaired) electrons. The molecule has 0 amide bonds. The first-order valence-electron chi connectivity index (χ1n) is 18.7. The first kappa shape index (κ1) is 32.3. The molecule has 5 heteroatoms. The van der Waals surface area contributed by atoms with Crippen LogP contribution in [0.2, 0.25) is 0 Å².